The fourth-order valence-electron chi connectivity index (χ4n) is 7.96. The molecule has 0 aromatic heterocycles. The standard InChI is InChI=1S/C52H63N3O6S/c1-32(2)55-44-21-39(30-60-50-25-46(45(37(7)56)24-48(50)58-9)53-28-33(3)19-41-17-13-11-15-34(41)4)20-40(22-44)31-61-51-26-47-52(27-49(51)59-10)62(57)38(8)36(6)43(29-54-47)23-42-18-14-12-16-35(42)5/h11-18,20-22,24-27,29,32-33,36,38,43,53,55H,19,23,28,30-31H2,1-10H3/t33-,36?,38?,43-,62?/m0/s1. The second-order valence-corrected chi connectivity index (χ2v) is 18.8. The highest BCUT2D eigenvalue weighted by molar-refractivity contribution is 7.85. The van der Waals surface area contributed by atoms with Gasteiger partial charge in [0.25, 0.3) is 0 Å². The Hall–Kier alpha value is -5.61. The molecule has 0 radical (unpaired) electrons. The van der Waals surface area contributed by atoms with E-state index < -0.39 is 10.8 Å². The molecular weight excluding hydrogens is 795 g/mol. The maximum Gasteiger partial charge on any atom is 0.163 e. The van der Waals surface area contributed by atoms with E-state index in [1.165, 1.54) is 22.3 Å². The van der Waals surface area contributed by atoms with Crippen molar-refractivity contribution in [2.75, 3.05) is 31.4 Å². The van der Waals surface area contributed by atoms with Crippen LogP contribution in [0.15, 0.2) is 101 Å². The maximum atomic E-state index is 14.1. The van der Waals surface area contributed by atoms with Gasteiger partial charge in [0.15, 0.2) is 28.8 Å². The number of Topliss-reactive ketones (excluding diaryl/α,β-unsaturated/α-hetero) is 1. The average Bonchev–Trinajstić information content (AvgIpc) is 3.25. The van der Waals surface area contributed by atoms with E-state index in [4.69, 9.17) is 23.9 Å². The van der Waals surface area contributed by atoms with E-state index in [2.05, 4.69) is 126 Å². The second-order valence-electron chi connectivity index (χ2n) is 17.0. The molecule has 1 aliphatic rings. The van der Waals surface area contributed by atoms with E-state index in [9.17, 15) is 9.00 Å². The van der Waals surface area contributed by atoms with Crippen LogP contribution >= 0.6 is 0 Å². The number of aryl methyl sites for hydroxylation is 2. The van der Waals surface area contributed by atoms with Crippen molar-refractivity contribution in [2.45, 2.75) is 97.6 Å². The van der Waals surface area contributed by atoms with Gasteiger partial charge in [-0.25, -0.2) is 0 Å². The first-order chi connectivity index (χ1) is 29.7. The van der Waals surface area contributed by atoms with Crippen LogP contribution in [0.5, 0.6) is 23.0 Å². The van der Waals surface area contributed by atoms with Crippen LogP contribution in [0.3, 0.4) is 0 Å². The molecule has 5 aromatic carbocycles. The predicted molar refractivity (Wildman–Crippen MR) is 254 cm³/mol. The zero-order valence-corrected chi connectivity index (χ0v) is 38.8. The van der Waals surface area contributed by atoms with Crippen LogP contribution in [0.25, 0.3) is 0 Å². The largest absolute Gasteiger partial charge is 0.493 e. The van der Waals surface area contributed by atoms with Gasteiger partial charge >= 0.3 is 0 Å². The Kier molecular flexibility index (Phi) is 15.5. The molecule has 3 unspecified atom stereocenters. The van der Waals surface area contributed by atoms with Gasteiger partial charge < -0.3 is 29.6 Å². The summed E-state index contributed by atoms with van der Waals surface area (Å²) in [5.74, 6) is 2.53. The molecule has 0 spiro atoms. The molecule has 0 aliphatic carbocycles. The first-order valence-electron chi connectivity index (χ1n) is 21.6. The van der Waals surface area contributed by atoms with Gasteiger partial charge in [-0.05, 0) is 117 Å². The summed E-state index contributed by atoms with van der Waals surface area (Å²) in [7, 11) is 1.87. The van der Waals surface area contributed by atoms with Crippen LogP contribution in [0.2, 0.25) is 0 Å². The normalized spacial score (nSPS) is 17.7. The SMILES string of the molecule is COc1cc2c(cc1OCc1cc(COc3cc(NC[C@@H](C)Cc4ccccc4C)c(C(C)=O)cc3OC)cc(NC(C)C)c1)N=C[C@H](Cc1ccccc1C)C(C)C(C)S2=O. The minimum absolute atomic E-state index is 0.0610. The summed E-state index contributed by atoms with van der Waals surface area (Å²) < 4.78 is 38.6. The summed E-state index contributed by atoms with van der Waals surface area (Å²) in [4.78, 5) is 18.4. The Bertz CT molecular complexity index is 2410. The van der Waals surface area contributed by atoms with Crippen molar-refractivity contribution < 1.29 is 28.0 Å². The van der Waals surface area contributed by atoms with Crippen LogP contribution in [0.1, 0.15) is 85.3 Å². The van der Waals surface area contributed by atoms with Crippen LogP contribution in [0.4, 0.5) is 17.1 Å². The lowest BCUT2D eigenvalue weighted by molar-refractivity contribution is 0.101. The molecule has 0 bridgehead atoms. The number of methoxy groups -OCH3 is 2. The molecule has 0 fully saturated rings. The van der Waals surface area contributed by atoms with E-state index in [-0.39, 0.29) is 42.1 Å². The van der Waals surface area contributed by atoms with E-state index in [1.807, 2.05) is 24.4 Å². The monoisotopic (exact) mass is 857 g/mol. The zero-order valence-electron chi connectivity index (χ0n) is 38.0. The zero-order chi connectivity index (χ0) is 44.5. The number of nitrogens with one attached hydrogen (secondary N) is 2. The van der Waals surface area contributed by atoms with Crippen molar-refractivity contribution in [3.05, 3.63) is 130 Å². The minimum Gasteiger partial charge on any atom is -0.493 e. The van der Waals surface area contributed by atoms with Gasteiger partial charge in [-0.2, -0.15) is 0 Å². The summed E-state index contributed by atoms with van der Waals surface area (Å²) in [6.45, 7) is 17.6. The molecule has 9 nitrogen and oxygen atoms in total. The van der Waals surface area contributed by atoms with Gasteiger partial charge in [-0.15, -0.1) is 0 Å². The third kappa shape index (κ3) is 11.4. The highest BCUT2D eigenvalue weighted by Crippen LogP contribution is 2.41. The van der Waals surface area contributed by atoms with Gasteiger partial charge in [0.05, 0.1) is 35.6 Å². The number of ketones is 1. The van der Waals surface area contributed by atoms with Crippen molar-refractivity contribution >= 4 is 39.9 Å². The Labute approximate surface area is 371 Å². The number of carbonyl (C=O) groups excluding carboxylic acids is 1. The molecule has 10 heteroatoms. The molecule has 0 amide bonds. The van der Waals surface area contributed by atoms with E-state index in [1.54, 1.807) is 27.2 Å². The number of benzene rings is 5. The quantitative estimate of drug-likeness (QED) is 0.0839. The summed E-state index contributed by atoms with van der Waals surface area (Å²) in [5, 5.41) is 6.97. The lowest BCUT2D eigenvalue weighted by atomic mass is 9.85. The van der Waals surface area contributed by atoms with Crippen LogP contribution < -0.4 is 29.6 Å². The molecular formula is C52H63N3O6S. The molecule has 0 saturated carbocycles. The Morgan fingerprint density at radius 3 is 1.97 bits per heavy atom. The van der Waals surface area contributed by atoms with Gasteiger partial charge in [-0.3, -0.25) is 14.0 Å². The number of fused-ring (bicyclic) bond motifs is 1. The summed E-state index contributed by atoms with van der Waals surface area (Å²) in [6.07, 6.45) is 3.77. The lowest BCUT2D eigenvalue weighted by Gasteiger charge is -2.29. The Balaban J connectivity index is 1.22. The molecule has 6 rings (SSSR count). The molecule has 328 valence electrons. The van der Waals surface area contributed by atoms with E-state index >= 15 is 0 Å². The number of rotatable bonds is 18. The molecule has 5 atom stereocenters. The summed E-state index contributed by atoms with van der Waals surface area (Å²) in [5.41, 5.74) is 9.74. The maximum absolute atomic E-state index is 14.1. The second kappa shape index (κ2) is 21.0. The predicted octanol–water partition coefficient (Wildman–Crippen LogP) is 11.5. The Morgan fingerprint density at radius 1 is 0.774 bits per heavy atom. The molecule has 5 aromatic rings. The van der Waals surface area contributed by atoms with Crippen molar-refractivity contribution in [3.63, 3.8) is 0 Å². The number of hydrogen-bond donors (Lipinski definition) is 2. The van der Waals surface area contributed by atoms with E-state index in [0.717, 1.165) is 29.7 Å². The number of hydrogen-bond acceptors (Lipinski definition) is 9. The van der Waals surface area contributed by atoms with Crippen molar-refractivity contribution in [3.8, 4) is 23.0 Å². The van der Waals surface area contributed by atoms with Gasteiger partial charge in [0, 0.05) is 65.1 Å². The first kappa shape index (κ1) is 45.9. The third-order valence-corrected chi connectivity index (χ3v) is 13.7. The molecule has 0 saturated heterocycles. The van der Waals surface area contributed by atoms with Crippen molar-refractivity contribution in [1.29, 1.82) is 0 Å². The number of carbonyl (C=O) groups is 1. The first-order valence-corrected chi connectivity index (χ1v) is 22.8. The van der Waals surface area contributed by atoms with Gasteiger partial charge in [0.2, 0.25) is 0 Å². The van der Waals surface area contributed by atoms with Crippen molar-refractivity contribution in [1.82, 2.24) is 0 Å². The van der Waals surface area contributed by atoms with Gasteiger partial charge in [0.1, 0.15) is 13.2 Å². The number of nitrogens with zero attached hydrogens (tertiary/aromatic N) is 1. The smallest absolute Gasteiger partial charge is 0.163 e. The highest BCUT2D eigenvalue weighted by Gasteiger charge is 2.31. The molecule has 1 heterocycles. The molecule has 1 aliphatic heterocycles. The third-order valence-electron chi connectivity index (χ3n) is 11.8. The molecule has 62 heavy (non-hydrogen) atoms. The highest BCUT2D eigenvalue weighted by atomic mass is 32.2. The topological polar surface area (TPSA) is 107 Å². The van der Waals surface area contributed by atoms with Crippen molar-refractivity contribution in [2.24, 2.45) is 22.7 Å². The minimum atomic E-state index is -1.31. The van der Waals surface area contributed by atoms with Crippen LogP contribution in [-0.2, 0) is 36.9 Å². The molecule has 2 N–H and O–H groups in total. The van der Waals surface area contributed by atoms with Gasteiger partial charge in [-0.1, -0.05) is 69.3 Å². The summed E-state index contributed by atoms with van der Waals surface area (Å²) >= 11 is 0. The summed E-state index contributed by atoms with van der Waals surface area (Å²) in [6, 6.07) is 30.5. The number of ether oxygens (including phenoxy) is 4. The number of aliphatic imine (C=N–C) groups is 1. The number of anilines is 2. The van der Waals surface area contributed by atoms with E-state index in [0.29, 0.717) is 57.3 Å². The van der Waals surface area contributed by atoms with Crippen LogP contribution in [-0.4, -0.2) is 48.3 Å². The fourth-order valence-corrected chi connectivity index (χ4v) is 9.49. The Morgan fingerprint density at radius 2 is 1.37 bits per heavy atom. The van der Waals surface area contributed by atoms with Crippen LogP contribution in [0, 0.1) is 31.6 Å². The average molecular weight is 858 g/mol. The fraction of sp³-hybridized carbons (Fsp3) is 0.385. The lowest BCUT2D eigenvalue weighted by Crippen LogP contribution is -2.30.